The van der Waals surface area contributed by atoms with Crippen LogP contribution in [0.4, 0.5) is 10.8 Å². The van der Waals surface area contributed by atoms with E-state index in [4.69, 9.17) is 5.73 Å². The van der Waals surface area contributed by atoms with Gasteiger partial charge in [0.1, 0.15) is 5.82 Å². The predicted molar refractivity (Wildman–Crippen MR) is 67.1 cm³/mol. The van der Waals surface area contributed by atoms with E-state index in [1.54, 1.807) is 0 Å². The molecule has 1 aromatic carbocycles. The third kappa shape index (κ3) is 2.77. The quantitative estimate of drug-likeness (QED) is 0.850. The van der Waals surface area contributed by atoms with E-state index in [1.807, 2.05) is 19.1 Å². The van der Waals surface area contributed by atoms with Gasteiger partial charge in [-0.15, -0.1) is 0 Å². The smallest absolute Gasteiger partial charge is 0.207 e. The monoisotopic (exact) mass is 234 g/mol. The normalized spacial score (nSPS) is 10.4. The summed E-state index contributed by atoms with van der Waals surface area (Å²) in [6, 6.07) is 8.20. The van der Waals surface area contributed by atoms with Crippen molar-refractivity contribution in [3.05, 3.63) is 35.7 Å². The Morgan fingerprint density at radius 2 is 2.06 bits per heavy atom. The van der Waals surface area contributed by atoms with Gasteiger partial charge < -0.3 is 11.1 Å². The molecule has 0 radical (unpaired) electrons. The SMILES string of the molecule is Cc1nsc(Nc2ccc(CCN)cc2)n1. The Morgan fingerprint density at radius 3 is 2.62 bits per heavy atom. The maximum absolute atomic E-state index is 5.49. The van der Waals surface area contributed by atoms with E-state index in [9.17, 15) is 0 Å². The minimum atomic E-state index is 0.683. The lowest BCUT2D eigenvalue weighted by Crippen LogP contribution is -2.02. The van der Waals surface area contributed by atoms with Gasteiger partial charge in [0.05, 0.1) is 0 Å². The summed E-state index contributed by atoms with van der Waals surface area (Å²) in [4.78, 5) is 4.24. The fourth-order valence-electron chi connectivity index (χ4n) is 1.39. The van der Waals surface area contributed by atoms with Crippen molar-refractivity contribution >= 4 is 22.4 Å². The van der Waals surface area contributed by atoms with Crippen molar-refractivity contribution < 1.29 is 0 Å². The maximum atomic E-state index is 5.49. The average molecular weight is 234 g/mol. The summed E-state index contributed by atoms with van der Waals surface area (Å²) in [7, 11) is 0. The first-order chi connectivity index (χ1) is 7.78. The molecule has 2 aromatic rings. The Bertz CT molecular complexity index is 449. The number of aromatic nitrogens is 2. The number of anilines is 2. The minimum Gasteiger partial charge on any atom is -0.330 e. The van der Waals surface area contributed by atoms with Crippen LogP contribution in [0.15, 0.2) is 24.3 Å². The first kappa shape index (κ1) is 11.0. The molecule has 1 aromatic heterocycles. The minimum absolute atomic E-state index is 0.683. The Balaban J connectivity index is 2.05. The van der Waals surface area contributed by atoms with E-state index in [-0.39, 0.29) is 0 Å². The highest BCUT2D eigenvalue weighted by molar-refractivity contribution is 7.09. The molecule has 0 atom stereocenters. The van der Waals surface area contributed by atoms with E-state index in [1.165, 1.54) is 17.1 Å². The van der Waals surface area contributed by atoms with Gasteiger partial charge in [-0.25, -0.2) is 4.98 Å². The molecule has 0 saturated heterocycles. The molecular weight excluding hydrogens is 220 g/mol. The fourth-order valence-corrected chi connectivity index (χ4v) is 1.99. The van der Waals surface area contributed by atoms with Crippen molar-refractivity contribution in [3.8, 4) is 0 Å². The molecule has 0 aliphatic carbocycles. The van der Waals surface area contributed by atoms with E-state index >= 15 is 0 Å². The average Bonchev–Trinajstić information content (AvgIpc) is 2.67. The molecule has 0 unspecified atom stereocenters. The van der Waals surface area contributed by atoms with Gasteiger partial charge in [0.2, 0.25) is 5.13 Å². The van der Waals surface area contributed by atoms with Crippen LogP contribution >= 0.6 is 11.5 Å². The zero-order chi connectivity index (χ0) is 11.4. The zero-order valence-electron chi connectivity index (χ0n) is 9.10. The summed E-state index contributed by atoms with van der Waals surface area (Å²) in [5.74, 6) is 0.798. The number of hydrogen-bond donors (Lipinski definition) is 2. The molecule has 84 valence electrons. The Kier molecular flexibility index (Phi) is 3.48. The van der Waals surface area contributed by atoms with Crippen LogP contribution in [0.25, 0.3) is 0 Å². The second-order valence-electron chi connectivity index (χ2n) is 3.51. The molecule has 0 amide bonds. The second-order valence-corrected chi connectivity index (χ2v) is 4.26. The summed E-state index contributed by atoms with van der Waals surface area (Å²) in [6.07, 6.45) is 0.915. The van der Waals surface area contributed by atoms with Gasteiger partial charge in [0, 0.05) is 17.2 Å². The topological polar surface area (TPSA) is 63.8 Å². The Hall–Kier alpha value is -1.46. The highest BCUT2D eigenvalue weighted by atomic mass is 32.1. The van der Waals surface area contributed by atoms with Gasteiger partial charge in [-0.2, -0.15) is 4.37 Å². The first-order valence-corrected chi connectivity index (χ1v) is 5.91. The second kappa shape index (κ2) is 5.05. The number of nitrogens with zero attached hydrogens (tertiary/aromatic N) is 2. The van der Waals surface area contributed by atoms with Crippen LogP contribution in [-0.4, -0.2) is 15.9 Å². The summed E-state index contributed by atoms with van der Waals surface area (Å²) in [5, 5.41) is 4.03. The van der Waals surface area contributed by atoms with Crippen molar-refractivity contribution in [3.63, 3.8) is 0 Å². The van der Waals surface area contributed by atoms with Crippen LogP contribution in [0, 0.1) is 6.92 Å². The van der Waals surface area contributed by atoms with Gasteiger partial charge in [-0.05, 0) is 37.6 Å². The van der Waals surface area contributed by atoms with Crippen molar-refractivity contribution in [2.75, 3.05) is 11.9 Å². The number of benzene rings is 1. The lowest BCUT2D eigenvalue weighted by Gasteiger charge is -2.03. The third-order valence-electron chi connectivity index (χ3n) is 2.17. The number of aryl methyl sites for hydroxylation is 1. The molecule has 0 spiro atoms. The first-order valence-electron chi connectivity index (χ1n) is 5.14. The predicted octanol–water partition coefficient (Wildman–Crippen LogP) is 2.09. The molecule has 4 nitrogen and oxygen atoms in total. The number of nitrogens with two attached hydrogens (primary N) is 1. The van der Waals surface area contributed by atoms with E-state index in [0.717, 1.165) is 23.1 Å². The Morgan fingerprint density at radius 1 is 1.31 bits per heavy atom. The summed E-state index contributed by atoms with van der Waals surface area (Å²) >= 11 is 1.37. The lowest BCUT2D eigenvalue weighted by molar-refractivity contribution is 0.969. The molecule has 2 rings (SSSR count). The van der Waals surface area contributed by atoms with Gasteiger partial charge in [-0.1, -0.05) is 12.1 Å². The highest BCUT2D eigenvalue weighted by Gasteiger charge is 2.00. The molecule has 1 heterocycles. The largest absolute Gasteiger partial charge is 0.330 e. The molecule has 3 N–H and O–H groups in total. The molecule has 5 heteroatoms. The summed E-state index contributed by atoms with van der Waals surface area (Å²) < 4.78 is 4.11. The van der Waals surface area contributed by atoms with Crippen LogP contribution in [0.2, 0.25) is 0 Å². The zero-order valence-corrected chi connectivity index (χ0v) is 9.92. The molecule has 0 saturated carbocycles. The van der Waals surface area contributed by atoms with E-state index < -0.39 is 0 Å². The molecule has 0 bridgehead atoms. The van der Waals surface area contributed by atoms with E-state index in [0.29, 0.717) is 6.54 Å². The van der Waals surface area contributed by atoms with Crippen molar-refractivity contribution in [2.45, 2.75) is 13.3 Å². The van der Waals surface area contributed by atoms with Gasteiger partial charge >= 0.3 is 0 Å². The standard InChI is InChI=1S/C11H14N4S/c1-8-13-11(16-15-8)14-10-4-2-9(3-5-10)6-7-12/h2-5H,6-7,12H2,1H3,(H,13,14,15). The Labute approximate surface area is 98.7 Å². The molecular formula is C11H14N4S. The van der Waals surface area contributed by atoms with Gasteiger partial charge in [0.15, 0.2) is 0 Å². The molecule has 0 aliphatic heterocycles. The number of rotatable bonds is 4. The molecule has 0 fully saturated rings. The highest BCUT2D eigenvalue weighted by Crippen LogP contribution is 2.18. The molecule has 16 heavy (non-hydrogen) atoms. The van der Waals surface area contributed by atoms with Crippen molar-refractivity contribution in [1.82, 2.24) is 9.36 Å². The summed E-state index contributed by atoms with van der Waals surface area (Å²) in [6.45, 7) is 2.56. The molecule has 0 aliphatic rings. The van der Waals surface area contributed by atoms with Gasteiger partial charge in [-0.3, -0.25) is 0 Å². The number of hydrogen-bond acceptors (Lipinski definition) is 5. The van der Waals surface area contributed by atoms with Crippen LogP contribution in [0.5, 0.6) is 0 Å². The summed E-state index contributed by atoms with van der Waals surface area (Å²) in [5.41, 5.74) is 7.77. The van der Waals surface area contributed by atoms with Gasteiger partial charge in [0.25, 0.3) is 0 Å². The van der Waals surface area contributed by atoms with Crippen molar-refractivity contribution in [2.24, 2.45) is 5.73 Å². The van der Waals surface area contributed by atoms with Crippen molar-refractivity contribution in [1.29, 1.82) is 0 Å². The maximum Gasteiger partial charge on any atom is 0.207 e. The van der Waals surface area contributed by atoms with Crippen LogP contribution < -0.4 is 11.1 Å². The van der Waals surface area contributed by atoms with Crippen LogP contribution in [-0.2, 0) is 6.42 Å². The van der Waals surface area contributed by atoms with Crippen LogP contribution in [0.1, 0.15) is 11.4 Å². The van der Waals surface area contributed by atoms with E-state index in [2.05, 4.69) is 26.8 Å². The third-order valence-corrected chi connectivity index (χ3v) is 2.89. The number of nitrogens with one attached hydrogen (secondary N) is 1. The lowest BCUT2D eigenvalue weighted by atomic mass is 10.1. The van der Waals surface area contributed by atoms with Crippen LogP contribution in [0.3, 0.4) is 0 Å². The fraction of sp³-hybridized carbons (Fsp3) is 0.273.